The van der Waals surface area contributed by atoms with Crippen LogP contribution in [0.3, 0.4) is 0 Å². The van der Waals surface area contributed by atoms with E-state index in [0.29, 0.717) is 26.9 Å². The predicted octanol–water partition coefficient (Wildman–Crippen LogP) is 4.95. The molecule has 0 saturated heterocycles. The Bertz CT molecular complexity index is 903. The Hall–Kier alpha value is -2.37. The van der Waals surface area contributed by atoms with Gasteiger partial charge in [-0.05, 0) is 35.9 Å². The molecule has 0 saturated carbocycles. The molecule has 1 aromatic heterocycles. The van der Waals surface area contributed by atoms with Crippen molar-refractivity contribution in [3.05, 3.63) is 67.9 Å². The van der Waals surface area contributed by atoms with Crippen LogP contribution in [0.2, 0.25) is 10.0 Å². The van der Waals surface area contributed by atoms with E-state index in [0.717, 1.165) is 5.56 Å². The minimum Gasteiger partial charge on any atom is -0.338 e. The highest BCUT2D eigenvalue weighted by Crippen LogP contribution is 2.23. The molecular weight excluding hydrogens is 325 g/mol. The first-order chi connectivity index (χ1) is 10.5. The zero-order valence-electron chi connectivity index (χ0n) is 11.1. The van der Waals surface area contributed by atoms with Gasteiger partial charge in [0.1, 0.15) is 5.82 Å². The van der Waals surface area contributed by atoms with Crippen LogP contribution in [0.15, 0.2) is 36.4 Å². The standard InChI is InChI=1S/C15H9Cl2N3O2/c16-10-3-1-9(12(17)7-10)2-6-15-18-13-5-4-11(20(21)22)8-14(13)19-15/h1-8H,(H,18,19). The van der Waals surface area contributed by atoms with Gasteiger partial charge in [0.25, 0.3) is 5.69 Å². The molecule has 0 aliphatic heterocycles. The molecule has 0 aliphatic rings. The van der Waals surface area contributed by atoms with Crippen molar-refractivity contribution in [2.75, 3.05) is 0 Å². The summed E-state index contributed by atoms with van der Waals surface area (Å²) in [5.41, 5.74) is 2.09. The fourth-order valence-electron chi connectivity index (χ4n) is 2.02. The number of hydrogen-bond donors (Lipinski definition) is 1. The highest BCUT2D eigenvalue weighted by Gasteiger charge is 2.08. The zero-order chi connectivity index (χ0) is 15.7. The summed E-state index contributed by atoms with van der Waals surface area (Å²) in [4.78, 5) is 17.7. The lowest BCUT2D eigenvalue weighted by Gasteiger charge is -1.97. The maximum absolute atomic E-state index is 10.8. The van der Waals surface area contributed by atoms with Crippen LogP contribution in [-0.2, 0) is 0 Å². The van der Waals surface area contributed by atoms with E-state index in [1.54, 1.807) is 36.4 Å². The van der Waals surface area contributed by atoms with Crippen LogP contribution in [0.1, 0.15) is 11.4 Å². The maximum Gasteiger partial charge on any atom is 0.271 e. The van der Waals surface area contributed by atoms with Gasteiger partial charge in [0.2, 0.25) is 0 Å². The Morgan fingerprint density at radius 3 is 2.68 bits per heavy atom. The highest BCUT2D eigenvalue weighted by molar-refractivity contribution is 6.35. The van der Waals surface area contributed by atoms with Gasteiger partial charge in [0.15, 0.2) is 0 Å². The molecule has 0 amide bonds. The molecule has 2 aromatic carbocycles. The molecule has 0 radical (unpaired) electrons. The number of nitro groups is 1. The first-order valence-electron chi connectivity index (χ1n) is 6.30. The van der Waals surface area contributed by atoms with Gasteiger partial charge in [-0.3, -0.25) is 10.1 Å². The smallest absolute Gasteiger partial charge is 0.271 e. The number of halogens is 2. The topological polar surface area (TPSA) is 71.8 Å². The van der Waals surface area contributed by atoms with Crippen LogP contribution >= 0.6 is 23.2 Å². The van der Waals surface area contributed by atoms with Crippen LogP contribution in [0.4, 0.5) is 5.69 Å². The van der Waals surface area contributed by atoms with Gasteiger partial charge in [0.05, 0.1) is 16.0 Å². The molecule has 0 bridgehead atoms. The second kappa shape index (κ2) is 5.79. The van der Waals surface area contributed by atoms with Crippen LogP contribution in [0.5, 0.6) is 0 Å². The summed E-state index contributed by atoms with van der Waals surface area (Å²) in [6.45, 7) is 0. The quantitative estimate of drug-likeness (QED) is 0.544. The van der Waals surface area contributed by atoms with Crippen molar-refractivity contribution in [3.8, 4) is 0 Å². The number of imidazole rings is 1. The molecular formula is C15H9Cl2N3O2. The third kappa shape index (κ3) is 2.95. The van der Waals surface area contributed by atoms with Gasteiger partial charge in [-0.1, -0.05) is 29.3 Å². The number of hydrogen-bond acceptors (Lipinski definition) is 3. The van der Waals surface area contributed by atoms with Crippen molar-refractivity contribution in [1.29, 1.82) is 0 Å². The van der Waals surface area contributed by atoms with E-state index in [-0.39, 0.29) is 5.69 Å². The second-order valence-corrected chi connectivity index (χ2v) is 5.42. The number of non-ortho nitro benzene ring substituents is 1. The number of fused-ring (bicyclic) bond motifs is 1. The molecule has 3 rings (SSSR count). The first kappa shape index (κ1) is 14.6. The lowest BCUT2D eigenvalue weighted by molar-refractivity contribution is -0.384. The molecule has 1 heterocycles. The predicted molar refractivity (Wildman–Crippen MR) is 88.1 cm³/mol. The lowest BCUT2D eigenvalue weighted by atomic mass is 10.2. The Morgan fingerprint density at radius 2 is 1.95 bits per heavy atom. The summed E-state index contributed by atoms with van der Waals surface area (Å²) in [5.74, 6) is 0.585. The van der Waals surface area contributed by atoms with E-state index in [1.165, 1.54) is 12.1 Å². The van der Waals surface area contributed by atoms with Crippen molar-refractivity contribution in [3.63, 3.8) is 0 Å². The number of nitrogens with one attached hydrogen (secondary N) is 1. The summed E-state index contributed by atoms with van der Waals surface area (Å²) >= 11 is 11.9. The normalized spacial score (nSPS) is 11.4. The Morgan fingerprint density at radius 1 is 1.14 bits per heavy atom. The maximum atomic E-state index is 10.8. The molecule has 0 unspecified atom stereocenters. The Balaban J connectivity index is 1.93. The van der Waals surface area contributed by atoms with Crippen molar-refractivity contribution >= 4 is 52.1 Å². The molecule has 5 nitrogen and oxygen atoms in total. The van der Waals surface area contributed by atoms with Gasteiger partial charge in [-0.15, -0.1) is 0 Å². The minimum absolute atomic E-state index is 0.0208. The van der Waals surface area contributed by atoms with Crippen LogP contribution in [0.25, 0.3) is 23.2 Å². The van der Waals surface area contributed by atoms with E-state index in [2.05, 4.69) is 9.97 Å². The van der Waals surface area contributed by atoms with Crippen molar-refractivity contribution < 1.29 is 4.92 Å². The molecule has 22 heavy (non-hydrogen) atoms. The number of aromatic amines is 1. The fraction of sp³-hybridized carbons (Fsp3) is 0. The number of aromatic nitrogens is 2. The first-order valence-corrected chi connectivity index (χ1v) is 7.06. The van der Waals surface area contributed by atoms with Crippen molar-refractivity contribution in [2.45, 2.75) is 0 Å². The average molecular weight is 334 g/mol. The molecule has 3 aromatic rings. The zero-order valence-corrected chi connectivity index (χ0v) is 12.6. The monoisotopic (exact) mass is 333 g/mol. The van der Waals surface area contributed by atoms with Crippen molar-refractivity contribution in [1.82, 2.24) is 9.97 Å². The third-order valence-corrected chi connectivity index (χ3v) is 3.64. The summed E-state index contributed by atoms with van der Waals surface area (Å²) in [6, 6.07) is 9.69. The van der Waals surface area contributed by atoms with E-state index in [4.69, 9.17) is 23.2 Å². The van der Waals surface area contributed by atoms with Crippen LogP contribution < -0.4 is 0 Å². The third-order valence-electron chi connectivity index (χ3n) is 3.08. The van der Waals surface area contributed by atoms with E-state index < -0.39 is 4.92 Å². The molecule has 7 heteroatoms. The van der Waals surface area contributed by atoms with Gasteiger partial charge in [-0.25, -0.2) is 4.98 Å². The van der Waals surface area contributed by atoms with Crippen LogP contribution in [0, 0.1) is 10.1 Å². The van der Waals surface area contributed by atoms with Gasteiger partial charge >= 0.3 is 0 Å². The van der Waals surface area contributed by atoms with Gasteiger partial charge in [-0.2, -0.15) is 0 Å². The molecule has 0 aliphatic carbocycles. The van der Waals surface area contributed by atoms with E-state index in [9.17, 15) is 10.1 Å². The van der Waals surface area contributed by atoms with Gasteiger partial charge < -0.3 is 4.98 Å². The largest absolute Gasteiger partial charge is 0.338 e. The average Bonchev–Trinajstić information content (AvgIpc) is 2.88. The summed E-state index contributed by atoms with van der Waals surface area (Å²) in [5, 5.41) is 11.9. The molecule has 110 valence electrons. The number of rotatable bonds is 3. The number of benzene rings is 2. The van der Waals surface area contributed by atoms with Crippen LogP contribution in [-0.4, -0.2) is 14.9 Å². The molecule has 0 spiro atoms. The Kier molecular flexibility index (Phi) is 3.83. The fourth-order valence-corrected chi connectivity index (χ4v) is 2.49. The number of nitro benzene ring substituents is 1. The number of H-pyrrole nitrogens is 1. The second-order valence-electron chi connectivity index (χ2n) is 4.58. The lowest BCUT2D eigenvalue weighted by Crippen LogP contribution is -1.86. The summed E-state index contributed by atoms with van der Waals surface area (Å²) in [7, 11) is 0. The Labute approximate surface area is 135 Å². The SMILES string of the molecule is O=[N+]([O-])c1ccc2nc(C=Cc3ccc(Cl)cc3Cl)[nH]c2c1. The molecule has 1 N–H and O–H groups in total. The highest BCUT2D eigenvalue weighted by atomic mass is 35.5. The summed E-state index contributed by atoms with van der Waals surface area (Å²) in [6.07, 6.45) is 3.55. The molecule has 0 atom stereocenters. The van der Waals surface area contributed by atoms with Crippen molar-refractivity contribution in [2.24, 2.45) is 0 Å². The van der Waals surface area contributed by atoms with E-state index in [1.807, 2.05) is 0 Å². The summed E-state index contributed by atoms with van der Waals surface area (Å²) < 4.78 is 0. The van der Waals surface area contributed by atoms with E-state index >= 15 is 0 Å². The minimum atomic E-state index is -0.441. The molecule has 0 fully saturated rings. The van der Waals surface area contributed by atoms with Gasteiger partial charge in [0, 0.05) is 22.2 Å². The number of nitrogens with zero attached hydrogens (tertiary/aromatic N) is 2.